The number of hydrogen-bond donors (Lipinski definition) is 1. The second kappa shape index (κ2) is 5.17. The van der Waals surface area contributed by atoms with Gasteiger partial charge < -0.3 is 5.11 Å². The Kier molecular flexibility index (Phi) is 3.73. The van der Waals surface area contributed by atoms with Gasteiger partial charge in [0.05, 0.1) is 6.10 Å². The van der Waals surface area contributed by atoms with Gasteiger partial charge in [-0.3, -0.25) is 9.59 Å². The molecule has 1 N–H and O–H groups in total. The molecule has 1 atom stereocenters. The van der Waals surface area contributed by atoms with Crippen LogP contribution in [0.15, 0.2) is 24.3 Å². The van der Waals surface area contributed by atoms with E-state index in [4.69, 9.17) is 0 Å². The molecule has 0 aliphatic heterocycles. The van der Waals surface area contributed by atoms with Crippen LogP contribution < -0.4 is 0 Å². The van der Waals surface area contributed by atoms with Gasteiger partial charge >= 0.3 is 0 Å². The van der Waals surface area contributed by atoms with E-state index in [0.717, 1.165) is 22.3 Å². The molecule has 0 spiro atoms. The molecular weight excluding hydrogens is 252 g/mol. The Morgan fingerprint density at radius 3 is 2.30 bits per heavy atom. The summed E-state index contributed by atoms with van der Waals surface area (Å²) in [5.74, 6) is -0.394. The van der Waals surface area contributed by atoms with Gasteiger partial charge in [-0.2, -0.15) is 0 Å². The number of hydrogen-bond acceptors (Lipinski definition) is 3. The van der Waals surface area contributed by atoms with Crippen LogP contribution in [0.1, 0.15) is 40.8 Å². The van der Waals surface area contributed by atoms with E-state index in [1.807, 2.05) is 26.8 Å². The fourth-order valence-electron chi connectivity index (χ4n) is 2.70. The maximum absolute atomic E-state index is 12.1. The van der Waals surface area contributed by atoms with Crippen molar-refractivity contribution in [2.24, 2.45) is 0 Å². The maximum atomic E-state index is 12.1. The van der Waals surface area contributed by atoms with Crippen molar-refractivity contribution in [1.29, 1.82) is 0 Å². The third-order valence-electron chi connectivity index (χ3n) is 3.73. The van der Waals surface area contributed by atoms with Crippen LogP contribution in [0.3, 0.4) is 0 Å². The Labute approximate surface area is 118 Å². The molecule has 0 saturated carbocycles. The highest BCUT2D eigenvalue weighted by atomic mass is 16.3. The molecule has 1 aromatic carbocycles. The summed E-state index contributed by atoms with van der Waals surface area (Å²) >= 11 is 0. The van der Waals surface area contributed by atoms with E-state index in [1.54, 1.807) is 6.92 Å². The molecule has 0 aromatic heterocycles. The van der Waals surface area contributed by atoms with Gasteiger partial charge in [0.1, 0.15) is 0 Å². The first-order valence-electron chi connectivity index (χ1n) is 6.60. The molecule has 0 fully saturated rings. The van der Waals surface area contributed by atoms with Crippen LogP contribution in [0.25, 0.3) is 5.57 Å². The smallest absolute Gasteiger partial charge is 0.186 e. The second-order valence-electron chi connectivity index (χ2n) is 5.26. The van der Waals surface area contributed by atoms with Crippen molar-refractivity contribution in [2.75, 3.05) is 0 Å². The Hall–Kier alpha value is -2.00. The molecule has 2 rings (SSSR count). The van der Waals surface area contributed by atoms with Crippen LogP contribution in [0.5, 0.6) is 0 Å². The Bertz CT molecular complexity index is 661. The zero-order valence-corrected chi connectivity index (χ0v) is 12.2. The van der Waals surface area contributed by atoms with Crippen molar-refractivity contribution in [1.82, 2.24) is 0 Å². The highest BCUT2D eigenvalue weighted by molar-refractivity contribution is 6.34. The number of ketones is 2. The quantitative estimate of drug-likeness (QED) is 0.841. The van der Waals surface area contributed by atoms with Crippen LogP contribution in [-0.4, -0.2) is 16.7 Å². The molecular formula is C17H18O3. The van der Waals surface area contributed by atoms with Crippen LogP contribution in [-0.2, 0) is 9.59 Å². The predicted molar refractivity (Wildman–Crippen MR) is 78.4 cm³/mol. The summed E-state index contributed by atoms with van der Waals surface area (Å²) in [5.41, 5.74) is 4.68. The summed E-state index contributed by atoms with van der Waals surface area (Å²) < 4.78 is 0. The normalized spacial score (nSPS) is 16.4. The number of rotatable bonds is 2. The Morgan fingerprint density at radius 1 is 1.05 bits per heavy atom. The van der Waals surface area contributed by atoms with E-state index < -0.39 is 6.10 Å². The first-order chi connectivity index (χ1) is 9.32. The summed E-state index contributed by atoms with van der Waals surface area (Å²) in [6, 6.07) is 1.99. The number of carbonyl (C=O) groups excluding carboxylic acids is 2. The fraction of sp³-hybridized carbons (Fsp3) is 0.294. The molecule has 1 unspecified atom stereocenters. The highest BCUT2D eigenvalue weighted by Gasteiger charge is 2.23. The van der Waals surface area contributed by atoms with Gasteiger partial charge in [-0.05, 0) is 73.7 Å². The van der Waals surface area contributed by atoms with E-state index in [1.165, 1.54) is 18.2 Å². The largest absolute Gasteiger partial charge is 0.389 e. The van der Waals surface area contributed by atoms with Crippen LogP contribution in [0.4, 0.5) is 0 Å². The van der Waals surface area contributed by atoms with Crippen molar-refractivity contribution in [2.45, 2.75) is 33.8 Å². The molecule has 0 bridgehead atoms. The molecule has 1 aromatic rings. The predicted octanol–water partition coefficient (Wildman–Crippen LogP) is 2.76. The van der Waals surface area contributed by atoms with Gasteiger partial charge in [-0.25, -0.2) is 0 Å². The van der Waals surface area contributed by atoms with E-state index in [2.05, 4.69) is 0 Å². The minimum Gasteiger partial charge on any atom is -0.389 e. The van der Waals surface area contributed by atoms with Crippen molar-refractivity contribution < 1.29 is 14.7 Å². The number of carbonyl (C=O) groups is 2. The summed E-state index contributed by atoms with van der Waals surface area (Å²) in [5, 5.41) is 10.0. The zero-order valence-electron chi connectivity index (χ0n) is 12.2. The van der Waals surface area contributed by atoms with Crippen LogP contribution >= 0.6 is 0 Å². The molecule has 104 valence electrons. The first-order valence-corrected chi connectivity index (χ1v) is 6.60. The van der Waals surface area contributed by atoms with E-state index in [9.17, 15) is 14.7 Å². The van der Waals surface area contributed by atoms with Crippen LogP contribution in [0.2, 0.25) is 0 Å². The minimum atomic E-state index is -0.695. The molecule has 20 heavy (non-hydrogen) atoms. The summed E-state index contributed by atoms with van der Waals surface area (Å²) in [6.45, 7) is 7.45. The SMILES string of the molecule is Cc1cc(C)c(C(C)O)c(C2=CC(=O)C=CC2=O)c1C. The molecule has 0 saturated heterocycles. The van der Waals surface area contributed by atoms with Crippen molar-refractivity contribution >= 4 is 17.1 Å². The van der Waals surface area contributed by atoms with Gasteiger partial charge in [-0.15, -0.1) is 0 Å². The number of aliphatic hydroxyl groups excluding tert-OH is 1. The highest BCUT2D eigenvalue weighted by Crippen LogP contribution is 2.34. The van der Waals surface area contributed by atoms with Crippen molar-refractivity contribution in [3.8, 4) is 0 Å². The summed E-state index contributed by atoms with van der Waals surface area (Å²) in [4.78, 5) is 23.7. The third-order valence-corrected chi connectivity index (χ3v) is 3.73. The molecule has 1 aliphatic rings. The van der Waals surface area contributed by atoms with E-state index >= 15 is 0 Å². The van der Waals surface area contributed by atoms with Crippen molar-refractivity contribution in [3.63, 3.8) is 0 Å². The lowest BCUT2D eigenvalue weighted by Gasteiger charge is -2.21. The van der Waals surface area contributed by atoms with Gasteiger partial charge in [0.15, 0.2) is 11.6 Å². The zero-order chi connectivity index (χ0) is 15.0. The summed E-state index contributed by atoms with van der Waals surface area (Å²) in [6.07, 6.45) is 3.22. The fourth-order valence-corrected chi connectivity index (χ4v) is 2.70. The third kappa shape index (κ3) is 2.37. The second-order valence-corrected chi connectivity index (χ2v) is 5.26. The van der Waals surface area contributed by atoms with Gasteiger partial charge in [0.25, 0.3) is 0 Å². The lowest BCUT2D eigenvalue weighted by Crippen LogP contribution is -2.13. The molecule has 0 amide bonds. The summed E-state index contributed by atoms with van der Waals surface area (Å²) in [7, 11) is 0. The standard InChI is InChI=1S/C17H18O3/c1-9-7-10(2)16(12(4)18)17(11(9)3)14-8-13(19)5-6-15(14)20/h5-8,12,18H,1-4H3. The lowest BCUT2D eigenvalue weighted by molar-refractivity contribution is -0.113. The van der Waals surface area contributed by atoms with Gasteiger partial charge in [0.2, 0.25) is 0 Å². The monoisotopic (exact) mass is 270 g/mol. The van der Waals surface area contributed by atoms with E-state index in [-0.39, 0.29) is 11.6 Å². The Balaban J connectivity index is 2.79. The van der Waals surface area contributed by atoms with E-state index in [0.29, 0.717) is 11.1 Å². The van der Waals surface area contributed by atoms with Crippen LogP contribution in [0, 0.1) is 20.8 Å². The van der Waals surface area contributed by atoms with Crippen molar-refractivity contribution in [3.05, 3.63) is 52.1 Å². The van der Waals surface area contributed by atoms with Gasteiger partial charge in [0, 0.05) is 5.57 Å². The molecule has 0 heterocycles. The first kappa shape index (κ1) is 14.4. The number of aryl methyl sites for hydroxylation is 2. The molecule has 3 nitrogen and oxygen atoms in total. The Morgan fingerprint density at radius 2 is 1.70 bits per heavy atom. The number of benzene rings is 1. The lowest BCUT2D eigenvalue weighted by atomic mass is 9.83. The molecule has 1 aliphatic carbocycles. The van der Waals surface area contributed by atoms with Gasteiger partial charge in [-0.1, -0.05) is 6.07 Å². The maximum Gasteiger partial charge on any atom is 0.186 e. The average Bonchev–Trinajstić information content (AvgIpc) is 2.36. The molecule has 3 heteroatoms. The topological polar surface area (TPSA) is 54.4 Å². The number of aliphatic hydroxyl groups is 1. The molecule has 0 radical (unpaired) electrons. The minimum absolute atomic E-state index is 0.195. The number of allylic oxidation sites excluding steroid dienone is 4. The average molecular weight is 270 g/mol.